The minimum atomic E-state index is -3.73. The van der Waals surface area contributed by atoms with Crippen molar-refractivity contribution in [1.29, 1.82) is 0 Å². The number of hydrogen-bond donors (Lipinski definition) is 1. The number of carbonyl (C=O) groups is 1. The first kappa shape index (κ1) is 16.4. The first-order valence-electron chi connectivity index (χ1n) is 7.43. The summed E-state index contributed by atoms with van der Waals surface area (Å²) in [7, 11) is -3.73. The van der Waals surface area contributed by atoms with Crippen LogP contribution in [0.2, 0.25) is 0 Å². The van der Waals surface area contributed by atoms with Crippen LogP contribution in [0.4, 0.5) is 0 Å². The molecule has 1 unspecified atom stereocenters. The maximum atomic E-state index is 12.1. The fraction of sp³-hybridized carbons (Fsp3) is 0.167. The lowest BCUT2D eigenvalue weighted by Gasteiger charge is -2.10. The number of ether oxygens (including phenoxy) is 1. The highest BCUT2D eigenvalue weighted by molar-refractivity contribution is 7.89. The summed E-state index contributed by atoms with van der Waals surface area (Å²) >= 11 is 0. The van der Waals surface area contributed by atoms with Crippen molar-refractivity contribution in [1.82, 2.24) is 0 Å². The predicted molar refractivity (Wildman–Crippen MR) is 90.7 cm³/mol. The second-order valence-electron chi connectivity index (χ2n) is 5.78. The van der Waals surface area contributed by atoms with Gasteiger partial charge in [0.25, 0.3) is 0 Å². The third-order valence-corrected chi connectivity index (χ3v) is 4.90. The lowest BCUT2D eigenvalue weighted by atomic mass is 9.91. The molecule has 0 saturated carbocycles. The van der Waals surface area contributed by atoms with Crippen LogP contribution in [0.25, 0.3) is 6.08 Å². The minimum Gasteiger partial charge on any atom is -0.461 e. The number of rotatable bonds is 3. The van der Waals surface area contributed by atoms with Crippen molar-refractivity contribution < 1.29 is 17.9 Å². The molecule has 1 fully saturated rings. The highest BCUT2D eigenvalue weighted by atomic mass is 32.2. The Hall–Kier alpha value is -2.44. The summed E-state index contributed by atoms with van der Waals surface area (Å²) in [5, 5.41) is 5.09. The van der Waals surface area contributed by atoms with Gasteiger partial charge in [-0.25, -0.2) is 18.4 Å². The maximum Gasteiger partial charge on any atom is 0.334 e. The summed E-state index contributed by atoms with van der Waals surface area (Å²) in [4.78, 5) is 12.1. The van der Waals surface area contributed by atoms with Crippen molar-refractivity contribution in [3.63, 3.8) is 0 Å². The molecule has 1 saturated heterocycles. The summed E-state index contributed by atoms with van der Waals surface area (Å²) in [6.45, 7) is 2.31. The highest BCUT2D eigenvalue weighted by Gasteiger charge is 2.31. The van der Waals surface area contributed by atoms with Gasteiger partial charge in [0.15, 0.2) is 0 Å². The fourth-order valence-corrected chi connectivity index (χ4v) is 3.25. The van der Waals surface area contributed by atoms with Crippen LogP contribution < -0.4 is 5.14 Å². The Morgan fingerprint density at radius 2 is 1.88 bits per heavy atom. The molecule has 1 aliphatic rings. The lowest BCUT2D eigenvalue weighted by Crippen LogP contribution is -2.11. The van der Waals surface area contributed by atoms with Crippen LogP contribution >= 0.6 is 0 Å². The molecule has 0 aliphatic carbocycles. The quantitative estimate of drug-likeness (QED) is 0.685. The number of hydrogen-bond acceptors (Lipinski definition) is 4. The Morgan fingerprint density at radius 1 is 1.17 bits per heavy atom. The summed E-state index contributed by atoms with van der Waals surface area (Å²) < 4.78 is 27.8. The Kier molecular flexibility index (Phi) is 4.26. The van der Waals surface area contributed by atoms with Crippen LogP contribution in [0.5, 0.6) is 0 Å². The number of cyclic esters (lactones) is 1. The highest BCUT2D eigenvalue weighted by Crippen LogP contribution is 2.33. The average Bonchev–Trinajstić information content (AvgIpc) is 2.88. The molecule has 1 atom stereocenters. The smallest absolute Gasteiger partial charge is 0.334 e. The van der Waals surface area contributed by atoms with E-state index in [9.17, 15) is 13.2 Å². The van der Waals surface area contributed by atoms with Gasteiger partial charge in [-0.3, -0.25) is 0 Å². The summed E-state index contributed by atoms with van der Waals surface area (Å²) in [5.41, 5.74) is 3.41. The summed E-state index contributed by atoms with van der Waals surface area (Å²) in [6.07, 6.45) is 1.73. The first-order valence-corrected chi connectivity index (χ1v) is 8.97. The fourth-order valence-electron chi connectivity index (χ4n) is 2.73. The Labute approximate surface area is 140 Å². The van der Waals surface area contributed by atoms with Gasteiger partial charge >= 0.3 is 5.97 Å². The molecule has 5 nitrogen and oxygen atoms in total. The van der Waals surface area contributed by atoms with Gasteiger partial charge in [0.05, 0.1) is 10.8 Å². The van der Waals surface area contributed by atoms with Crippen molar-refractivity contribution in [2.24, 2.45) is 5.14 Å². The number of carbonyl (C=O) groups excluding carboxylic acids is 1. The normalized spacial score (nSPS) is 19.5. The van der Waals surface area contributed by atoms with Crippen molar-refractivity contribution in [2.45, 2.75) is 17.7 Å². The molecule has 2 aromatic rings. The maximum absolute atomic E-state index is 12.1. The second kappa shape index (κ2) is 6.22. The van der Waals surface area contributed by atoms with E-state index in [1.165, 1.54) is 12.1 Å². The van der Waals surface area contributed by atoms with Gasteiger partial charge in [-0.15, -0.1) is 0 Å². The SMILES string of the molecule is Cc1cccc(C2COC(=O)/C2=C\c2ccc(S(N)(=O)=O)cc2)c1. The Balaban J connectivity index is 1.96. The standard InChI is InChI=1S/C18H17NO4S/c1-12-3-2-4-14(9-12)17-11-23-18(20)16(17)10-13-5-7-15(8-6-13)24(19,21)22/h2-10,17H,11H2,1H3,(H2,19,21,22)/b16-10-. The molecule has 3 rings (SSSR count). The number of primary sulfonamides is 1. The van der Waals surface area contributed by atoms with Crippen molar-refractivity contribution in [2.75, 3.05) is 6.61 Å². The van der Waals surface area contributed by atoms with Gasteiger partial charge in [-0.2, -0.15) is 0 Å². The lowest BCUT2D eigenvalue weighted by molar-refractivity contribution is -0.135. The molecular weight excluding hydrogens is 326 g/mol. The van der Waals surface area contributed by atoms with E-state index >= 15 is 0 Å². The number of sulfonamides is 1. The van der Waals surface area contributed by atoms with Crippen molar-refractivity contribution in [3.05, 3.63) is 70.8 Å². The molecule has 0 amide bonds. The third-order valence-electron chi connectivity index (χ3n) is 3.97. The molecular formula is C18H17NO4S. The predicted octanol–water partition coefficient (Wildman–Crippen LogP) is 2.37. The molecule has 0 radical (unpaired) electrons. The number of nitrogens with two attached hydrogens (primary N) is 1. The molecule has 1 heterocycles. The molecule has 0 aromatic heterocycles. The van der Waals surface area contributed by atoms with Gasteiger partial charge in [-0.1, -0.05) is 42.0 Å². The largest absolute Gasteiger partial charge is 0.461 e. The van der Waals surface area contributed by atoms with E-state index in [1.807, 2.05) is 31.2 Å². The molecule has 6 heteroatoms. The van der Waals surface area contributed by atoms with Gasteiger partial charge in [-0.05, 0) is 36.3 Å². The molecule has 1 aliphatic heterocycles. The van der Waals surface area contributed by atoms with E-state index in [4.69, 9.17) is 9.88 Å². The van der Waals surface area contributed by atoms with Gasteiger partial charge in [0, 0.05) is 5.57 Å². The molecule has 2 aromatic carbocycles. The zero-order chi connectivity index (χ0) is 17.3. The summed E-state index contributed by atoms with van der Waals surface area (Å²) in [5.74, 6) is -0.479. The van der Waals surface area contributed by atoms with Gasteiger partial charge in [0.1, 0.15) is 6.61 Å². The van der Waals surface area contributed by atoms with Crippen molar-refractivity contribution in [3.8, 4) is 0 Å². The van der Waals surface area contributed by atoms with Crippen LogP contribution in [0.15, 0.2) is 59.0 Å². The Morgan fingerprint density at radius 3 is 2.50 bits per heavy atom. The molecule has 0 bridgehead atoms. The average molecular weight is 343 g/mol. The molecule has 24 heavy (non-hydrogen) atoms. The van der Waals surface area contributed by atoms with Crippen LogP contribution in [0, 0.1) is 6.92 Å². The molecule has 124 valence electrons. The Bertz CT molecular complexity index is 914. The molecule has 0 spiro atoms. The van der Waals surface area contributed by atoms with E-state index in [-0.39, 0.29) is 16.8 Å². The van der Waals surface area contributed by atoms with Crippen LogP contribution in [-0.4, -0.2) is 21.0 Å². The first-order chi connectivity index (χ1) is 11.3. The van der Waals surface area contributed by atoms with Crippen molar-refractivity contribution >= 4 is 22.1 Å². The van der Waals surface area contributed by atoms with Gasteiger partial charge < -0.3 is 4.74 Å². The van der Waals surface area contributed by atoms with E-state index in [0.717, 1.165) is 11.1 Å². The van der Waals surface area contributed by atoms with Crippen LogP contribution in [0.3, 0.4) is 0 Å². The zero-order valence-electron chi connectivity index (χ0n) is 13.1. The van der Waals surface area contributed by atoms with Crippen LogP contribution in [-0.2, 0) is 19.6 Å². The van der Waals surface area contributed by atoms with E-state index in [0.29, 0.717) is 17.7 Å². The number of aryl methyl sites for hydroxylation is 1. The second-order valence-corrected chi connectivity index (χ2v) is 7.34. The number of benzene rings is 2. The minimum absolute atomic E-state index is 0.0360. The van der Waals surface area contributed by atoms with E-state index < -0.39 is 10.0 Å². The number of esters is 1. The third kappa shape index (κ3) is 3.39. The monoisotopic (exact) mass is 343 g/mol. The van der Waals surface area contributed by atoms with E-state index in [1.54, 1.807) is 18.2 Å². The molecule has 2 N–H and O–H groups in total. The topological polar surface area (TPSA) is 86.5 Å². The van der Waals surface area contributed by atoms with Crippen LogP contribution in [0.1, 0.15) is 22.6 Å². The van der Waals surface area contributed by atoms with E-state index in [2.05, 4.69) is 0 Å². The zero-order valence-corrected chi connectivity index (χ0v) is 13.9. The van der Waals surface area contributed by atoms with Gasteiger partial charge in [0.2, 0.25) is 10.0 Å². The summed E-state index contributed by atoms with van der Waals surface area (Å²) in [6, 6.07) is 14.0.